The molecule has 4 nitrogen and oxygen atoms in total. The molecular formula is C25H34N2O2. The smallest absolute Gasteiger partial charge is 0.183 e. The Kier molecular flexibility index (Phi) is 7.09. The summed E-state index contributed by atoms with van der Waals surface area (Å²) >= 11 is 0. The monoisotopic (exact) mass is 394 g/mol. The zero-order valence-corrected chi connectivity index (χ0v) is 18.3. The molecule has 3 rings (SSSR count). The van der Waals surface area contributed by atoms with Gasteiger partial charge in [-0.1, -0.05) is 38.1 Å². The lowest BCUT2D eigenvalue weighted by Crippen LogP contribution is -2.52. The number of rotatable bonds is 8. The minimum atomic E-state index is -0.550. The second kappa shape index (κ2) is 9.55. The van der Waals surface area contributed by atoms with Crippen molar-refractivity contribution in [1.29, 1.82) is 0 Å². The quantitative estimate of drug-likeness (QED) is 0.628. The molecule has 0 saturated carbocycles. The summed E-state index contributed by atoms with van der Waals surface area (Å²) in [6, 6.07) is 16.6. The molecule has 1 aliphatic heterocycles. The summed E-state index contributed by atoms with van der Waals surface area (Å²) in [6.45, 7) is 7.62. The van der Waals surface area contributed by atoms with Crippen molar-refractivity contribution in [3.63, 3.8) is 0 Å². The molecule has 1 fully saturated rings. The molecule has 0 N–H and O–H groups in total. The van der Waals surface area contributed by atoms with Crippen molar-refractivity contribution in [3.8, 4) is 0 Å². The van der Waals surface area contributed by atoms with E-state index in [2.05, 4.69) is 60.0 Å². The van der Waals surface area contributed by atoms with Gasteiger partial charge in [-0.15, -0.1) is 0 Å². The number of ether oxygens (including phenoxy) is 1. The largest absolute Gasteiger partial charge is 0.378 e. The van der Waals surface area contributed by atoms with Gasteiger partial charge in [0.1, 0.15) is 0 Å². The zero-order valence-electron chi connectivity index (χ0n) is 18.3. The second-order valence-corrected chi connectivity index (χ2v) is 8.05. The van der Waals surface area contributed by atoms with Gasteiger partial charge in [-0.2, -0.15) is 0 Å². The summed E-state index contributed by atoms with van der Waals surface area (Å²) in [7, 11) is 4.05. The molecule has 4 heteroatoms. The number of benzene rings is 2. The molecule has 0 bridgehead atoms. The number of nitrogens with zero attached hydrogens (tertiary/aromatic N) is 2. The third kappa shape index (κ3) is 4.54. The average Bonchev–Trinajstić information content (AvgIpc) is 2.77. The minimum Gasteiger partial charge on any atom is -0.378 e. The number of likely N-dealkylation sites (N-methyl/N-ethyl adjacent to an activating group) is 1. The molecule has 0 aliphatic carbocycles. The number of ketones is 1. The fraction of sp³-hybridized carbons (Fsp3) is 0.480. The molecule has 1 saturated heterocycles. The summed E-state index contributed by atoms with van der Waals surface area (Å²) in [5, 5.41) is 0. The zero-order chi connectivity index (χ0) is 20.9. The highest BCUT2D eigenvalue weighted by Crippen LogP contribution is 2.30. The Bertz CT molecular complexity index is 810. The predicted molar refractivity (Wildman–Crippen MR) is 120 cm³/mol. The highest BCUT2D eigenvalue weighted by atomic mass is 16.5. The molecule has 29 heavy (non-hydrogen) atoms. The van der Waals surface area contributed by atoms with Crippen LogP contribution in [-0.2, 0) is 17.6 Å². The first-order chi connectivity index (χ1) is 14.0. The molecule has 1 atom stereocenters. The van der Waals surface area contributed by atoms with Gasteiger partial charge in [0.25, 0.3) is 0 Å². The molecular weight excluding hydrogens is 360 g/mol. The molecule has 0 spiro atoms. The third-order valence-corrected chi connectivity index (χ3v) is 6.35. The first kappa shape index (κ1) is 21.5. The summed E-state index contributed by atoms with van der Waals surface area (Å²) < 4.78 is 5.44. The van der Waals surface area contributed by atoms with Crippen LogP contribution in [0.15, 0.2) is 48.5 Å². The Balaban J connectivity index is 1.89. The number of Topliss-reactive ketones (excluding diaryl/α,β-unsaturated/α-hetero) is 1. The van der Waals surface area contributed by atoms with Crippen LogP contribution >= 0.6 is 0 Å². The third-order valence-electron chi connectivity index (χ3n) is 6.35. The van der Waals surface area contributed by atoms with Crippen molar-refractivity contribution < 1.29 is 9.53 Å². The van der Waals surface area contributed by atoms with Crippen LogP contribution < -0.4 is 4.90 Å². The number of morpholine rings is 1. The van der Waals surface area contributed by atoms with Crippen LogP contribution in [0.25, 0.3) is 0 Å². The van der Waals surface area contributed by atoms with Gasteiger partial charge in [-0.05, 0) is 68.8 Å². The molecule has 2 aromatic carbocycles. The maximum absolute atomic E-state index is 13.8. The molecule has 1 heterocycles. The Morgan fingerprint density at radius 3 is 2.17 bits per heavy atom. The van der Waals surface area contributed by atoms with E-state index in [9.17, 15) is 4.79 Å². The highest BCUT2D eigenvalue weighted by Gasteiger charge is 2.39. The second-order valence-electron chi connectivity index (χ2n) is 8.05. The van der Waals surface area contributed by atoms with Crippen molar-refractivity contribution in [3.05, 3.63) is 65.2 Å². The van der Waals surface area contributed by atoms with Crippen molar-refractivity contribution >= 4 is 11.5 Å². The van der Waals surface area contributed by atoms with Crippen molar-refractivity contribution in [2.45, 2.75) is 38.6 Å². The first-order valence-corrected chi connectivity index (χ1v) is 10.7. The number of carbonyl (C=O) groups is 1. The normalized spacial score (nSPS) is 16.7. The van der Waals surface area contributed by atoms with E-state index in [-0.39, 0.29) is 5.78 Å². The number of anilines is 1. The van der Waals surface area contributed by atoms with Crippen LogP contribution in [0, 0.1) is 0 Å². The van der Waals surface area contributed by atoms with E-state index in [1.807, 2.05) is 26.2 Å². The van der Waals surface area contributed by atoms with Gasteiger partial charge < -0.3 is 9.64 Å². The Labute approximate surface area is 175 Å². The lowest BCUT2D eigenvalue weighted by molar-refractivity contribution is 0.0666. The van der Waals surface area contributed by atoms with E-state index in [4.69, 9.17) is 4.74 Å². The van der Waals surface area contributed by atoms with Crippen molar-refractivity contribution in [2.75, 3.05) is 45.3 Å². The Morgan fingerprint density at radius 1 is 1.00 bits per heavy atom. The number of carbonyl (C=O) groups excluding carboxylic acids is 1. The lowest BCUT2D eigenvalue weighted by atomic mass is 9.79. The Morgan fingerprint density at radius 2 is 1.62 bits per heavy atom. The summed E-state index contributed by atoms with van der Waals surface area (Å²) in [6.07, 6.45) is 2.47. The number of hydrogen-bond donors (Lipinski definition) is 0. The number of hydrogen-bond acceptors (Lipinski definition) is 4. The standard InChI is InChI=1S/C25H34N2O2/c1-5-20-9-7-8-10-22(20)19-25(6-2,26(3)4)24(28)21-11-13-23(14-12-21)27-15-17-29-18-16-27/h7-14H,5-6,15-19H2,1-4H3. The van der Waals surface area contributed by atoms with Crippen LogP contribution in [0.3, 0.4) is 0 Å². The molecule has 1 unspecified atom stereocenters. The predicted octanol–water partition coefficient (Wildman–Crippen LogP) is 4.22. The maximum atomic E-state index is 13.8. The Hall–Kier alpha value is -2.17. The average molecular weight is 395 g/mol. The fourth-order valence-electron chi connectivity index (χ4n) is 4.35. The molecule has 0 radical (unpaired) electrons. The molecule has 0 aromatic heterocycles. The van der Waals surface area contributed by atoms with Gasteiger partial charge in [0, 0.05) is 24.3 Å². The van der Waals surface area contributed by atoms with E-state index in [1.165, 1.54) is 11.1 Å². The lowest BCUT2D eigenvalue weighted by Gasteiger charge is -2.38. The molecule has 0 amide bonds. The minimum absolute atomic E-state index is 0.199. The van der Waals surface area contributed by atoms with Gasteiger partial charge in [0.05, 0.1) is 18.8 Å². The summed E-state index contributed by atoms with van der Waals surface area (Å²) in [5.41, 5.74) is 3.98. The van der Waals surface area contributed by atoms with Crippen molar-refractivity contribution in [1.82, 2.24) is 4.90 Å². The van der Waals surface area contributed by atoms with Crippen LogP contribution in [0.5, 0.6) is 0 Å². The fourth-order valence-corrected chi connectivity index (χ4v) is 4.35. The van der Waals surface area contributed by atoms with Crippen LogP contribution in [0.1, 0.15) is 41.8 Å². The summed E-state index contributed by atoms with van der Waals surface area (Å²) in [5.74, 6) is 0.199. The van der Waals surface area contributed by atoms with Crippen LogP contribution in [-0.4, -0.2) is 56.6 Å². The van der Waals surface area contributed by atoms with Crippen LogP contribution in [0.4, 0.5) is 5.69 Å². The molecule has 1 aliphatic rings. The van der Waals surface area contributed by atoms with Gasteiger partial charge in [0.15, 0.2) is 5.78 Å². The van der Waals surface area contributed by atoms with E-state index < -0.39 is 5.54 Å². The summed E-state index contributed by atoms with van der Waals surface area (Å²) in [4.78, 5) is 18.2. The SMILES string of the molecule is CCc1ccccc1CC(CC)(C(=O)c1ccc(N2CCOCC2)cc1)N(C)C. The van der Waals surface area contributed by atoms with E-state index in [0.717, 1.165) is 56.8 Å². The van der Waals surface area contributed by atoms with Crippen LogP contribution in [0.2, 0.25) is 0 Å². The van der Waals surface area contributed by atoms with Gasteiger partial charge in [-0.25, -0.2) is 0 Å². The molecule has 156 valence electrons. The van der Waals surface area contributed by atoms with Gasteiger partial charge in [0.2, 0.25) is 0 Å². The van der Waals surface area contributed by atoms with E-state index in [0.29, 0.717) is 0 Å². The van der Waals surface area contributed by atoms with Crippen molar-refractivity contribution in [2.24, 2.45) is 0 Å². The van der Waals surface area contributed by atoms with E-state index in [1.54, 1.807) is 0 Å². The maximum Gasteiger partial charge on any atom is 0.183 e. The van der Waals surface area contributed by atoms with E-state index >= 15 is 0 Å². The number of aryl methyl sites for hydroxylation is 1. The topological polar surface area (TPSA) is 32.8 Å². The van der Waals surface area contributed by atoms with Gasteiger partial charge in [-0.3, -0.25) is 9.69 Å². The van der Waals surface area contributed by atoms with Gasteiger partial charge >= 0.3 is 0 Å². The molecule has 2 aromatic rings. The first-order valence-electron chi connectivity index (χ1n) is 10.7. The highest BCUT2D eigenvalue weighted by molar-refractivity contribution is 6.03.